The van der Waals surface area contributed by atoms with E-state index in [1.54, 1.807) is 18.2 Å². The molecule has 2 rings (SSSR count). The molecule has 8 heteroatoms. The number of primary amides is 1. The average Bonchev–Trinajstić information content (AvgIpc) is 2.92. The third-order valence-electron chi connectivity index (χ3n) is 3.75. The van der Waals surface area contributed by atoms with E-state index >= 15 is 0 Å². The molecule has 0 fully saturated rings. The Morgan fingerprint density at radius 1 is 1.42 bits per heavy atom. The van der Waals surface area contributed by atoms with E-state index in [2.05, 4.69) is 11.6 Å². The number of aromatic amines is 1. The summed E-state index contributed by atoms with van der Waals surface area (Å²) in [6.07, 6.45) is 3.91. The number of nitrogens with one attached hydrogen (secondary N) is 1. The fourth-order valence-corrected chi connectivity index (χ4v) is 4.58. The van der Waals surface area contributed by atoms with E-state index in [9.17, 15) is 14.3 Å². The highest BCUT2D eigenvalue weighted by Gasteiger charge is 2.32. The fraction of sp³-hybridized carbons (Fsp3) is 0.167. The van der Waals surface area contributed by atoms with Gasteiger partial charge >= 0.3 is 0 Å². The Balaban J connectivity index is 2.80. The van der Waals surface area contributed by atoms with Gasteiger partial charge in [0.05, 0.1) is 12.4 Å². The van der Waals surface area contributed by atoms with Crippen LogP contribution in [0.2, 0.25) is 0 Å². The Morgan fingerprint density at radius 2 is 2.04 bits per heavy atom. The summed E-state index contributed by atoms with van der Waals surface area (Å²) in [6, 6.07) is 6.06. The lowest BCUT2D eigenvalue weighted by atomic mass is 10.3. The highest BCUT2D eigenvalue weighted by molar-refractivity contribution is 7.73. The van der Waals surface area contributed by atoms with Crippen LogP contribution in [0.3, 0.4) is 0 Å². The number of hydrogen-bond acceptors (Lipinski definition) is 3. The van der Waals surface area contributed by atoms with Crippen LogP contribution >= 0.6 is 19.0 Å². The maximum Gasteiger partial charge on any atom is 0.266 e. The van der Waals surface area contributed by atoms with Gasteiger partial charge in [-0.3, -0.25) is 9.36 Å². The molecule has 4 N–H and O–H groups in total. The normalized spacial score (nSPS) is 14.9. The molecule has 6 nitrogen and oxygen atoms in total. The first-order chi connectivity index (χ1) is 12.2. The third-order valence-corrected chi connectivity index (χ3v) is 6.08. The highest BCUT2D eigenvalue weighted by Crippen LogP contribution is 2.38. The summed E-state index contributed by atoms with van der Waals surface area (Å²) in [5, 5.41) is 0.936. The van der Waals surface area contributed by atoms with E-state index in [0.29, 0.717) is 17.2 Å². The SMILES string of the molecule is C=c1[nH]c(C(N)=O)c(P(=O)(O)c2ccc(OC)cc2)/c1=C/C(Cl)=C\CC. The van der Waals surface area contributed by atoms with E-state index in [4.69, 9.17) is 22.1 Å². The van der Waals surface area contributed by atoms with Gasteiger partial charge in [-0.15, -0.1) is 0 Å². The van der Waals surface area contributed by atoms with Crippen molar-refractivity contribution in [1.29, 1.82) is 0 Å². The fourth-order valence-electron chi connectivity index (χ4n) is 2.51. The second-order valence-electron chi connectivity index (χ2n) is 5.52. The lowest BCUT2D eigenvalue weighted by molar-refractivity contribution is 0.0997. The molecular formula is C18H20ClN2O4P. The van der Waals surface area contributed by atoms with Crippen molar-refractivity contribution < 1.29 is 19.0 Å². The Hall–Kier alpha value is -2.27. The zero-order valence-corrected chi connectivity index (χ0v) is 16.1. The van der Waals surface area contributed by atoms with Gasteiger partial charge in [-0.2, -0.15) is 0 Å². The Kier molecular flexibility index (Phi) is 6.13. The zero-order chi connectivity index (χ0) is 19.5. The van der Waals surface area contributed by atoms with Crippen molar-refractivity contribution in [3.63, 3.8) is 0 Å². The van der Waals surface area contributed by atoms with Gasteiger partial charge in [0.1, 0.15) is 11.4 Å². The number of carbonyl (C=O) groups is 1. The topological polar surface area (TPSA) is 105 Å². The van der Waals surface area contributed by atoms with Crippen LogP contribution in [0, 0.1) is 0 Å². The lowest BCUT2D eigenvalue weighted by Crippen LogP contribution is -2.36. The number of aromatic nitrogens is 1. The van der Waals surface area contributed by atoms with Crippen molar-refractivity contribution >= 4 is 48.1 Å². The van der Waals surface area contributed by atoms with Crippen LogP contribution < -0.4 is 31.6 Å². The van der Waals surface area contributed by atoms with Gasteiger partial charge in [0.15, 0.2) is 0 Å². The molecule has 0 spiro atoms. The standard InChI is InChI=1S/C18H20ClN2O4P/c1-4-5-12(19)10-15-11(2)21-16(18(20)22)17(15)26(23,24)14-8-6-13(25-3)7-9-14/h5-10,21H,2,4H2,1,3H3,(H2,20,22)(H,23,24)/b12-5+,15-10+. The number of amides is 1. The lowest BCUT2D eigenvalue weighted by Gasteiger charge is -2.13. The molecule has 0 aliphatic rings. The van der Waals surface area contributed by atoms with Crippen LogP contribution in [0.1, 0.15) is 23.8 Å². The minimum atomic E-state index is -4.16. The van der Waals surface area contributed by atoms with E-state index < -0.39 is 13.3 Å². The molecule has 1 atom stereocenters. The smallest absolute Gasteiger partial charge is 0.266 e. The molecule has 1 unspecified atom stereocenters. The summed E-state index contributed by atoms with van der Waals surface area (Å²) >= 11 is 6.14. The van der Waals surface area contributed by atoms with Gasteiger partial charge in [-0.25, -0.2) is 0 Å². The van der Waals surface area contributed by atoms with Crippen LogP contribution in [0.4, 0.5) is 0 Å². The molecule has 2 aromatic rings. The Labute approximate surface area is 156 Å². The van der Waals surface area contributed by atoms with E-state index in [1.165, 1.54) is 25.3 Å². The van der Waals surface area contributed by atoms with Gasteiger partial charge < -0.3 is 20.3 Å². The monoisotopic (exact) mass is 394 g/mol. The van der Waals surface area contributed by atoms with Gasteiger partial charge in [-0.05, 0) is 36.8 Å². The predicted octanol–water partition coefficient (Wildman–Crippen LogP) is 1.07. The molecule has 138 valence electrons. The first kappa shape index (κ1) is 20.0. The number of hydrogen-bond donors (Lipinski definition) is 3. The van der Waals surface area contributed by atoms with Crippen molar-refractivity contribution in [3.8, 4) is 5.75 Å². The summed E-state index contributed by atoms with van der Waals surface area (Å²) in [7, 11) is -2.66. The van der Waals surface area contributed by atoms with Crippen molar-refractivity contribution in [2.75, 3.05) is 7.11 Å². The highest BCUT2D eigenvalue weighted by atomic mass is 35.5. The number of methoxy groups -OCH3 is 1. The summed E-state index contributed by atoms with van der Waals surface area (Å²) < 4.78 is 18.4. The summed E-state index contributed by atoms with van der Waals surface area (Å²) in [5.41, 5.74) is 5.23. The molecule has 1 aromatic carbocycles. The molecule has 1 aromatic heterocycles. The Bertz CT molecular complexity index is 1010. The first-order valence-corrected chi connectivity index (χ1v) is 9.82. The second kappa shape index (κ2) is 7.96. The number of allylic oxidation sites excluding steroid dienone is 2. The maximum absolute atomic E-state index is 13.3. The molecule has 1 amide bonds. The molecule has 26 heavy (non-hydrogen) atoms. The molecule has 0 radical (unpaired) electrons. The molecule has 0 bridgehead atoms. The number of nitrogens with two attached hydrogens (primary N) is 1. The van der Waals surface area contributed by atoms with Crippen molar-refractivity contribution in [2.24, 2.45) is 5.73 Å². The molecule has 0 saturated heterocycles. The van der Waals surface area contributed by atoms with Crippen LogP contribution in [-0.4, -0.2) is 22.9 Å². The largest absolute Gasteiger partial charge is 0.497 e. The molecule has 0 aliphatic carbocycles. The van der Waals surface area contributed by atoms with Gasteiger partial charge in [0, 0.05) is 20.9 Å². The van der Waals surface area contributed by atoms with Crippen molar-refractivity contribution in [2.45, 2.75) is 13.3 Å². The second-order valence-corrected chi connectivity index (χ2v) is 8.07. The van der Waals surface area contributed by atoms with Gasteiger partial charge in [0.25, 0.3) is 13.3 Å². The number of rotatable bonds is 6. The number of H-pyrrole nitrogens is 1. The summed E-state index contributed by atoms with van der Waals surface area (Å²) in [4.78, 5) is 25.4. The first-order valence-electron chi connectivity index (χ1n) is 7.78. The number of benzene rings is 1. The maximum atomic E-state index is 13.3. The summed E-state index contributed by atoms with van der Waals surface area (Å²) in [5.74, 6) is -0.320. The average molecular weight is 395 g/mol. The molecular weight excluding hydrogens is 375 g/mol. The van der Waals surface area contributed by atoms with E-state index in [-0.39, 0.29) is 26.9 Å². The van der Waals surface area contributed by atoms with Crippen LogP contribution in [0.15, 0.2) is 35.4 Å². The third kappa shape index (κ3) is 3.93. The van der Waals surface area contributed by atoms with Crippen molar-refractivity contribution in [3.05, 3.63) is 51.6 Å². The Morgan fingerprint density at radius 3 is 2.54 bits per heavy atom. The molecule has 1 heterocycles. The molecule has 0 aliphatic heterocycles. The minimum absolute atomic E-state index is 0.109. The van der Waals surface area contributed by atoms with Gasteiger partial charge in [-0.1, -0.05) is 31.2 Å². The van der Waals surface area contributed by atoms with E-state index in [0.717, 1.165) is 0 Å². The van der Waals surface area contributed by atoms with E-state index in [1.807, 2.05) is 6.92 Å². The van der Waals surface area contributed by atoms with Crippen LogP contribution in [-0.2, 0) is 4.57 Å². The van der Waals surface area contributed by atoms with Crippen LogP contribution in [0.5, 0.6) is 5.75 Å². The number of carbonyl (C=O) groups excluding carboxylic acids is 1. The zero-order valence-electron chi connectivity index (χ0n) is 14.5. The summed E-state index contributed by atoms with van der Waals surface area (Å²) in [6.45, 7) is 5.70. The van der Waals surface area contributed by atoms with Gasteiger partial charge in [0.2, 0.25) is 0 Å². The number of halogens is 1. The molecule has 0 saturated carbocycles. The predicted molar refractivity (Wildman–Crippen MR) is 105 cm³/mol. The quantitative estimate of drug-likeness (QED) is 0.637. The van der Waals surface area contributed by atoms with Crippen molar-refractivity contribution in [1.82, 2.24) is 4.98 Å². The number of ether oxygens (including phenoxy) is 1. The van der Waals surface area contributed by atoms with Crippen LogP contribution in [0.25, 0.3) is 12.7 Å². The minimum Gasteiger partial charge on any atom is -0.497 e.